The van der Waals surface area contributed by atoms with Gasteiger partial charge in [-0.2, -0.15) is 0 Å². The molecule has 0 aromatic heterocycles. The van der Waals surface area contributed by atoms with E-state index in [1.54, 1.807) is 0 Å². The zero-order chi connectivity index (χ0) is 18.1. The van der Waals surface area contributed by atoms with E-state index in [2.05, 4.69) is 42.3 Å². The van der Waals surface area contributed by atoms with Crippen LogP contribution in [0.4, 0.5) is 0 Å². The second-order valence-electron chi connectivity index (χ2n) is 6.45. The van der Waals surface area contributed by atoms with E-state index in [-0.39, 0.29) is 0 Å². The van der Waals surface area contributed by atoms with Gasteiger partial charge in [0.25, 0.3) is 0 Å². The first kappa shape index (κ1) is 20.0. The van der Waals surface area contributed by atoms with Gasteiger partial charge in [-0.25, -0.2) is 0 Å². The van der Waals surface area contributed by atoms with Crippen LogP contribution in [0.1, 0.15) is 25.0 Å². The van der Waals surface area contributed by atoms with Gasteiger partial charge in [-0.1, -0.05) is 59.1 Å². The van der Waals surface area contributed by atoms with Gasteiger partial charge >= 0.3 is 0 Å². The number of allylic oxidation sites excluding steroid dienone is 1. The Morgan fingerprint density at radius 2 is 1.64 bits per heavy atom. The summed E-state index contributed by atoms with van der Waals surface area (Å²) < 4.78 is 0. The van der Waals surface area contributed by atoms with Crippen LogP contribution in [0.15, 0.2) is 60.2 Å². The summed E-state index contributed by atoms with van der Waals surface area (Å²) in [5.74, 6) is 0. The molecule has 134 valence electrons. The molecule has 4 heteroatoms. The minimum atomic E-state index is 0.783. The largest absolute Gasteiger partial charge is 0.311 e. The lowest BCUT2D eigenvalue weighted by atomic mass is 10.2. The summed E-state index contributed by atoms with van der Waals surface area (Å²) >= 11 is 12.1. The van der Waals surface area contributed by atoms with E-state index in [1.807, 2.05) is 36.4 Å². The molecule has 0 atom stereocenters. The predicted molar refractivity (Wildman–Crippen MR) is 109 cm³/mol. The van der Waals surface area contributed by atoms with Crippen molar-refractivity contribution in [3.63, 3.8) is 0 Å². The molecule has 2 rings (SSSR count). The van der Waals surface area contributed by atoms with Gasteiger partial charge in [0.2, 0.25) is 0 Å². The Labute approximate surface area is 161 Å². The molecule has 0 saturated heterocycles. The molecule has 0 amide bonds. The van der Waals surface area contributed by atoms with Crippen molar-refractivity contribution in [1.29, 1.82) is 0 Å². The molecule has 2 aromatic carbocycles. The van der Waals surface area contributed by atoms with Crippen LogP contribution in [0.2, 0.25) is 10.0 Å². The third kappa shape index (κ3) is 8.06. The summed E-state index contributed by atoms with van der Waals surface area (Å²) in [6, 6.07) is 16.1. The lowest BCUT2D eigenvalue weighted by Crippen LogP contribution is -2.32. The Hall–Kier alpha value is -1.32. The molecule has 0 aliphatic heterocycles. The van der Waals surface area contributed by atoms with E-state index in [9.17, 15) is 0 Å². The summed E-state index contributed by atoms with van der Waals surface area (Å²) in [5, 5.41) is 5.07. The van der Waals surface area contributed by atoms with Crippen molar-refractivity contribution in [1.82, 2.24) is 10.2 Å². The van der Waals surface area contributed by atoms with Crippen LogP contribution in [0.5, 0.6) is 0 Å². The zero-order valence-corrected chi connectivity index (χ0v) is 16.4. The number of hydrogen-bond donors (Lipinski definition) is 1. The molecule has 0 bridgehead atoms. The van der Waals surface area contributed by atoms with Gasteiger partial charge in [-0.15, -0.1) is 0 Å². The van der Waals surface area contributed by atoms with E-state index < -0.39 is 0 Å². The van der Waals surface area contributed by atoms with Crippen LogP contribution in [-0.2, 0) is 13.1 Å². The molecule has 0 unspecified atom stereocenters. The van der Waals surface area contributed by atoms with Crippen LogP contribution in [-0.4, -0.2) is 24.5 Å². The van der Waals surface area contributed by atoms with Gasteiger partial charge in [0, 0.05) is 42.8 Å². The van der Waals surface area contributed by atoms with Crippen LogP contribution in [0.3, 0.4) is 0 Å². The highest BCUT2D eigenvalue weighted by atomic mass is 35.5. The summed E-state index contributed by atoms with van der Waals surface area (Å²) in [6.45, 7) is 8.82. The normalized spacial score (nSPS) is 10.9. The van der Waals surface area contributed by atoms with Crippen LogP contribution < -0.4 is 5.32 Å². The van der Waals surface area contributed by atoms with E-state index in [4.69, 9.17) is 23.2 Å². The monoisotopic (exact) mass is 376 g/mol. The fourth-order valence-electron chi connectivity index (χ4n) is 2.56. The van der Waals surface area contributed by atoms with Crippen LogP contribution >= 0.6 is 23.2 Å². The van der Waals surface area contributed by atoms with Crippen LogP contribution in [0.25, 0.3) is 0 Å². The highest BCUT2D eigenvalue weighted by molar-refractivity contribution is 6.30. The molecule has 0 saturated carbocycles. The average molecular weight is 377 g/mol. The Bertz CT molecular complexity index is 694. The maximum atomic E-state index is 6.11. The number of benzene rings is 2. The number of nitrogens with zero attached hydrogens (tertiary/aromatic N) is 1. The SMILES string of the molecule is CC(C)=CCN(CCNCc1cccc(Cl)c1)Cc1cccc(Cl)c1. The Morgan fingerprint density at radius 3 is 2.28 bits per heavy atom. The summed E-state index contributed by atoms with van der Waals surface area (Å²) in [4.78, 5) is 2.42. The first-order chi connectivity index (χ1) is 12.0. The lowest BCUT2D eigenvalue weighted by molar-refractivity contribution is 0.292. The Balaban J connectivity index is 1.86. The molecule has 0 spiro atoms. The smallest absolute Gasteiger partial charge is 0.0409 e. The fourth-order valence-corrected chi connectivity index (χ4v) is 2.98. The third-order valence-corrected chi connectivity index (χ3v) is 4.35. The summed E-state index contributed by atoms with van der Waals surface area (Å²) in [5.41, 5.74) is 3.78. The van der Waals surface area contributed by atoms with E-state index >= 15 is 0 Å². The molecule has 25 heavy (non-hydrogen) atoms. The second-order valence-corrected chi connectivity index (χ2v) is 7.33. The van der Waals surface area contributed by atoms with Gasteiger partial charge < -0.3 is 5.32 Å². The topological polar surface area (TPSA) is 15.3 Å². The molecular weight excluding hydrogens is 351 g/mol. The maximum absolute atomic E-state index is 6.11. The van der Waals surface area contributed by atoms with Gasteiger partial charge in [0.1, 0.15) is 0 Å². The predicted octanol–water partition coefficient (Wildman–Crippen LogP) is 5.55. The Morgan fingerprint density at radius 1 is 1.00 bits per heavy atom. The highest BCUT2D eigenvalue weighted by Gasteiger charge is 2.05. The van der Waals surface area contributed by atoms with Crippen molar-refractivity contribution in [2.24, 2.45) is 0 Å². The highest BCUT2D eigenvalue weighted by Crippen LogP contribution is 2.13. The van der Waals surface area contributed by atoms with Gasteiger partial charge in [-0.05, 0) is 49.2 Å². The number of hydrogen-bond acceptors (Lipinski definition) is 2. The first-order valence-corrected chi connectivity index (χ1v) is 9.34. The molecule has 0 aliphatic rings. The minimum Gasteiger partial charge on any atom is -0.311 e. The van der Waals surface area contributed by atoms with Crippen molar-refractivity contribution < 1.29 is 0 Å². The molecule has 2 aromatic rings. The van der Waals surface area contributed by atoms with Gasteiger partial charge in [0.05, 0.1) is 0 Å². The van der Waals surface area contributed by atoms with Crippen molar-refractivity contribution >= 4 is 23.2 Å². The number of nitrogens with one attached hydrogen (secondary N) is 1. The third-order valence-electron chi connectivity index (χ3n) is 3.88. The standard InChI is InChI=1S/C21H26Cl2N2/c1-17(2)9-11-25(16-19-6-4-8-21(23)14-19)12-10-24-15-18-5-3-7-20(22)13-18/h3-9,13-14,24H,10-12,15-16H2,1-2H3. The minimum absolute atomic E-state index is 0.783. The van der Waals surface area contributed by atoms with E-state index in [1.165, 1.54) is 16.7 Å². The molecule has 0 fully saturated rings. The van der Waals surface area contributed by atoms with E-state index in [0.717, 1.165) is 42.8 Å². The average Bonchev–Trinajstić information content (AvgIpc) is 2.56. The summed E-state index contributed by atoms with van der Waals surface area (Å²) in [6.07, 6.45) is 2.27. The van der Waals surface area contributed by atoms with Crippen molar-refractivity contribution in [3.05, 3.63) is 81.4 Å². The van der Waals surface area contributed by atoms with Crippen LogP contribution in [0, 0.1) is 0 Å². The Kier molecular flexibility index (Phi) is 8.50. The number of rotatable bonds is 9. The maximum Gasteiger partial charge on any atom is 0.0409 e. The lowest BCUT2D eigenvalue weighted by Gasteiger charge is -2.21. The summed E-state index contributed by atoms with van der Waals surface area (Å²) in [7, 11) is 0. The van der Waals surface area contributed by atoms with Crippen molar-refractivity contribution in [2.75, 3.05) is 19.6 Å². The van der Waals surface area contributed by atoms with Crippen molar-refractivity contribution in [3.8, 4) is 0 Å². The zero-order valence-electron chi connectivity index (χ0n) is 14.9. The van der Waals surface area contributed by atoms with Crippen molar-refractivity contribution in [2.45, 2.75) is 26.9 Å². The number of halogens is 2. The van der Waals surface area contributed by atoms with E-state index in [0.29, 0.717) is 0 Å². The van der Waals surface area contributed by atoms with Gasteiger partial charge in [-0.3, -0.25) is 4.90 Å². The first-order valence-electron chi connectivity index (χ1n) is 8.58. The quantitative estimate of drug-likeness (QED) is 0.455. The molecule has 2 nitrogen and oxygen atoms in total. The van der Waals surface area contributed by atoms with Gasteiger partial charge in [0.15, 0.2) is 0 Å². The molecular formula is C21H26Cl2N2. The molecule has 0 aliphatic carbocycles. The fraction of sp³-hybridized carbons (Fsp3) is 0.333. The molecule has 0 radical (unpaired) electrons. The second kappa shape index (κ2) is 10.6. The molecule has 1 N–H and O–H groups in total. The molecule has 0 heterocycles.